The normalized spacial score (nSPS) is 17.1. The third-order valence-corrected chi connectivity index (χ3v) is 4.32. The summed E-state index contributed by atoms with van der Waals surface area (Å²) >= 11 is 5.65. The van der Waals surface area contributed by atoms with Crippen LogP contribution in [-0.4, -0.2) is 53.4 Å². The predicted octanol–water partition coefficient (Wildman–Crippen LogP) is 2.87. The number of rotatable bonds is 6. The maximum absolute atomic E-state index is 12.3. The number of benzene rings is 1. The molecule has 1 heterocycles. The van der Waals surface area contributed by atoms with Crippen LogP contribution in [0.2, 0.25) is 0 Å². The lowest BCUT2D eigenvalue weighted by Crippen LogP contribution is -2.45. The molecule has 1 aromatic rings. The minimum Gasteiger partial charge on any atom is -0.445 e. The van der Waals surface area contributed by atoms with Gasteiger partial charge in [0.1, 0.15) is 12.5 Å². The number of hydrogen-bond donors (Lipinski definition) is 0. The summed E-state index contributed by atoms with van der Waals surface area (Å²) in [5, 5.41) is 0. The van der Waals surface area contributed by atoms with E-state index < -0.39 is 0 Å². The van der Waals surface area contributed by atoms with Gasteiger partial charge in [-0.1, -0.05) is 30.3 Å². The van der Waals surface area contributed by atoms with Crippen molar-refractivity contribution in [1.29, 1.82) is 0 Å². The van der Waals surface area contributed by atoms with Crippen LogP contribution in [0.1, 0.15) is 25.3 Å². The molecular formula is C17H23ClN2O3. The molecule has 0 N–H and O–H groups in total. The number of likely N-dealkylation sites (tertiary alicyclic amines) is 1. The molecular weight excluding hydrogens is 316 g/mol. The van der Waals surface area contributed by atoms with Crippen molar-refractivity contribution in [2.45, 2.75) is 32.4 Å². The van der Waals surface area contributed by atoms with E-state index >= 15 is 0 Å². The van der Waals surface area contributed by atoms with E-state index in [0.717, 1.165) is 18.4 Å². The van der Waals surface area contributed by atoms with Crippen molar-refractivity contribution in [2.24, 2.45) is 0 Å². The van der Waals surface area contributed by atoms with Gasteiger partial charge in [-0.2, -0.15) is 0 Å². The second kappa shape index (κ2) is 8.77. The van der Waals surface area contributed by atoms with Crippen LogP contribution in [0.25, 0.3) is 0 Å². The summed E-state index contributed by atoms with van der Waals surface area (Å²) in [6, 6.07) is 9.62. The Kier molecular flexibility index (Phi) is 6.71. The van der Waals surface area contributed by atoms with Gasteiger partial charge in [-0.05, 0) is 25.3 Å². The molecule has 0 radical (unpaired) electrons. The first kappa shape index (κ1) is 17.6. The highest BCUT2D eigenvalue weighted by molar-refractivity contribution is 6.27. The Morgan fingerprint density at radius 1 is 1.35 bits per heavy atom. The highest BCUT2D eigenvalue weighted by Crippen LogP contribution is 2.19. The number of halogens is 1. The molecule has 6 heteroatoms. The van der Waals surface area contributed by atoms with Crippen molar-refractivity contribution in [2.75, 3.05) is 25.5 Å². The van der Waals surface area contributed by atoms with Crippen molar-refractivity contribution >= 4 is 23.6 Å². The number of ether oxygens (including phenoxy) is 1. The van der Waals surface area contributed by atoms with E-state index in [-0.39, 0.29) is 30.5 Å². The Bertz CT molecular complexity index is 524. The number of hydrogen-bond acceptors (Lipinski definition) is 3. The minimum absolute atomic E-state index is 0.0128. The monoisotopic (exact) mass is 338 g/mol. The summed E-state index contributed by atoms with van der Waals surface area (Å²) in [4.78, 5) is 27.5. The third-order valence-electron chi connectivity index (χ3n) is 4.09. The summed E-state index contributed by atoms with van der Waals surface area (Å²) in [6.45, 7) is 3.92. The van der Waals surface area contributed by atoms with Crippen molar-refractivity contribution in [3.8, 4) is 0 Å². The van der Waals surface area contributed by atoms with Crippen molar-refractivity contribution in [3.63, 3.8) is 0 Å². The van der Waals surface area contributed by atoms with Gasteiger partial charge in [0, 0.05) is 25.7 Å². The van der Waals surface area contributed by atoms with Gasteiger partial charge in [0.05, 0.1) is 0 Å². The zero-order valence-corrected chi connectivity index (χ0v) is 14.2. The SMILES string of the molecule is CCN(CC1CCCN1C(=O)CCl)C(=O)OCc1ccccc1. The molecule has 0 bridgehead atoms. The maximum Gasteiger partial charge on any atom is 0.410 e. The summed E-state index contributed by atoms with van der Waals surface area (Å²) in [6.07, 6.45) is 1.50. The summed E-state index contributed by atoms with van der Waals surface area (Å²) < 4.78 is 5.37. The largest absolute Gasteiger partial charge is 0.445 e. The molecule has 1 saturated heterocycles. The van der Waals surface area contributed by atoms with E-state index in [1.165, 1.54) is 0 Å². The molecule has 0 aromatic heterocycles. The molecule has 1 atom stereocenters. The summed E-state index contributed by atoms with van der Waals surface area (Å²) in [7, 11) is 0. The zero-order valence-electron chi connectivity index (χ0n) is 13.4. The minimum atomic E-state index is -0.346. The summed E-state index contributed by atoms with van der Waals surface area (Å²) in [5.74, 6) is -0.0796. The van der Waals surface area contributed by atoms with Crippen LogP contribution >= 0.6 is 11.6 Å². The van der Waals surface area contributed by atoms with Gasteiger partial charge in [-0.3, -0.25) is 4.79 Å². The number of amides is 2. The van der Waals surface area contributed by atoms with Gasteiger partial charge in [0.25, 0.3) is 0 Å². The predicted molar refractivity (Wildman–Crippen MR) is 89.3 cm³/mol. The Labute approximate surface area is 142 Å². The molecule has 1 aliphatic rings. The van der Waals surface area contributed by atoms with E-state index in [2.05, 4.69) is 0 Å². The van der Waals surface area contributed by atoms with E-state index in [1.54, 1.807) is 9.80 Å². The highest BCUT2D eigenvalue weighted by Gasteiger charge is 2.30. The highest BCUT2D eigenvalue weighted by atomic mass is 35.5. The maximum atomic E-state index is 12.3. The lowest BCUT2D eigenvalue weighted by Gasteiger charge is -2.29. The van der Waals surface area contributed by atoms with Gasteiger partial charge in [0.15, 0.2) is 0 Å². The molecule has 1 fully saturated rings. The van der Waals surface area contributed by atoms with Crippen molar-refractivity contribution in [1.82, 2.24) is 9.80 Å². The van der Waals surface area contributed by atoms with Crippen LogP contribution in [0.4, 0.5) is 4.79 Å². The van der Waals surface area contributed by atoms with Crippen LogP contribution in [-0.2, 0) is 16.1 Å². The average Bonchev–Trinajstić information content (AvgIpc) is 3.06. The molecule has 1 aliphatic heterocycles. The average molecular weight is 339 g/mol. The second-order valence-electron chi connectivity index (χ2n) is 5.60. The van der Waals surface area contributed by atoms with Crippen LogP contribution in [0.15, 0.2) is 30.3 Å². The molecule has 5 nitrogen and oxygen atoms in total. The van der Waals surface area contributed by atoms with E-state index in [0.29, 0.717) is 19.6 Å². The Balaban J connectivity index is 1.88. The fourth-order valence-corrected chi connectivity index (χ4v) is 2.98. The van der Waals surface area contributed by atoms with Crippen molar-refractivity contribution in [3.05, 3.63) is 35.9 Å². The van der Waals surface area contributed by atoms with Crippen LogP contribution in [0.5, 0.6) is 0 Å². The van der Waals surface area contributed by atoms with Gasteiger partial charge in [0.2, 0.25) is 5.91 Å². The first-order valence-electron chi connectivity index (χ1n) is 7.96. The molecule has 2 amide bonds. The topological polar surface area (TPSA) is 49.9 Å². The van der Waals surface area contributed by atoms with Gasteiger partial charge >= 0.3 is 6.09 Å². The molecule has 1 unspecified atom stereocenters. The molecule has 23 heavy (non-hydrogen) atoms. The standard InChI is InChI=1S/C17H23ClN2O3/c1-2-19(12-15-9-6-10-20(15)16(21)11-18)17(22)23-13-14-7-4-3-5-8-14/h3-5,7-8,15H,2,6,9-13H2,1H3. The zero-order chi connectivity index (χ0) is 16.7. The van der Waals surface area contributed by atoms with E-state index in [9.17, 15) is 9.59 Å². The second-order valence-corrected chi connectivity index (χ2v) is 5.86. The lowest BCUT2D eigenvalue weighted by atomic mass is 10.2. The first-order chi connectivity index (χ1) is 11.2. The number of nitrogens with zero attached hydrogens (tertiary/aromatic N) is 2. The quantitative estimate of drug-likeness (QED) is 0.749. The molecule has 126 valence electrons. The third kappa shape index (κ3) is 4.86. The van der Waals surface area contributed by atoms with Crippen LogP contribution < -0.4 is 0 Å². The molecule has 2 rings (SSSR count). The molecule has 0 aliphatic carbocycles. The Morgan fingerprint density at radius 3 is 2.74 bits per heavy atom. The van der Waals surface area contributed by atoms with Crippen molar-refractivity contribution < 1.29 is 14.3 Å². The first-order valence-corrected chi connectivity index (χ1v) is 8.50. The number of carbonyl (C=O) groups is 2. The number of likely N-dealkylation sites (N-methyl/N-ethyl adjacent to an activating group) is 1. The fraction of sp³-hybridized carbons (Fsp3) is 0.529. The fourth-order valence-electron chi connectivity index (χ4n) is 2.83. The Morgan fingerprint density at radius 2 is 2.09 bits per heavy atom. The summed E-state index contributed by atoms with van der Waals surface area (Å²) in [5.41, 5.74) is 0.955. The molecule has 0 spiro atoms. The van der Waals surface area contributed by atoms with Gasteiger partial charge < -0.3 is 14.5 Å². The van der Waals surface area contributed by atoms with E-state index in [1.807, 2.05) is 37.3 Å². The van der Waals surface area contributed by atoms with Gasteiger partial charge in [-0.15, -0.1) is 11.6 Å². The lowest BCUT2D eigenvalue weighted by molar-refractivity contribution is -0.129. The smallest absolute Gasteiger partial charge is 0.410 e. The molecule has 1 aromatic carbocycles. The number of carbonyl (C=O) groups excluding carboxylic acids is 2. The van der Waals surface area contributed by atoms with E-state index in [4.69, 9.17) is 16.3 Å². The molecule has 0 saturated carbocycles. The number of alkyl halides is 1. The Hall–Kier alpha value is -1.75. The van der Waals surface area contributed by atoms with Crippen LogP contribution in [0, 0.1) is 0 Å². The van der Waals surface area contributed by atoms with Gasteiger partial charge in [-0.25, -0.2) is 4.79 Å². The van der Waals surface area contributed by atoms with Crippen LogP contribution in [0.3, 0.4) is 0 Å².